The molecule has 1 unspecified atom stereocenters. The highest BCUT2D eigenvalue weighted by atomic mass is 79.9. The highest BCUT2D eigenvalue weighted by Crippen LogP contribution is 2.35. The van der Waals surface area contributed by atoms with Gasteiger partial charge in [0.25, 0.3) is 0 Å². The molecule has 1 heterocycles. The Morgan fingerprint density at radius 1 is 1.40 bits per heavy atom. The Kier molecular flexibility index (Phi) is 4.44. The van der Waals surface area contributed by atoms with Gasteiger partial charge >= 0.3 is 0 Å². The van der Waals surface area contributed by atoms with Gasteiger partial charge in [0, 0.05) is 9.35 Å². The van der Waals surface area contributed by atoms with Crippen LogP contribution in [-0.4, -0.2) is 12.6 Å². The number of rotatable bonds is 6. The Labute approximate surface area is 132 Å². The van der Waals surface area contributed by atoms with Crippen molar-refractivity contribution in [2.45, 2.75) is 31.9 Å². The van der Waals surface area contributed by atoms with Gasteiger partial charge in [0.05, 0.1) is 12.1 Å². The van der Waals surface area contributed by atoms with Crippen molar-refractivity contribution in [3.8, 4) is 5.75 Å². The van der Waals surface area contributed by atoms with Gasteiger partial charge in [-0.3, -0.25) is 0 Å². The lowest BCUT2D eigenvalue weighted by Crippen LogP contribution is -2.21. The molecular formula is C16H18BrNOS. The molecule has 0 spiro atoms. The molecule has 1 N–H and O–H groups in total. The molecule has 1 aromatic heterocycles. The Morgan fingerprint density at radius 3 is 2.90 bits per heavy atom. The first-order valence-electron chi connectivity index (χ1n) is 7.01. The molecule has 1 fully saturated rings. The second-order valence-electron chi connectivity index (χ2n) is 5.01. The predicted molar refractivity (Wildman–Crippen MR) is 87.6 cm³/mol. The van der Waals surface area contributed by atoms with E-state index in [1.165, 1.54) is 27.8 Å². The molecule has 20 heavy (non-hydrogen) atoms. The maximum Gasteiger partial charge on any atom is 0.120 e. The van der Waals surface area contributed by atoms with E-state index >= 15 is 0 Å². The molecule has 4 heteroatoms. The fourth-order valence-corrected chi connectivity index (χ4v) is 3.93. The van der Waals surface area contributed by atoms with E-state index in [1.807, 2.05) is 6.07 Å². The van der Waals surface area contributed by atoms with Crippen LogP contribution in [0.15, 0.2) is 40.2 Å². The van der Waals surface area contributed by atoms with Gasteiger partial charge in [-0.25, -0.2) is 0 Å². The third-order valence-electron chi connectivity index (χ3n) is 3.33. The summed E-state index contributed by atoms with van der Waals surface area (Å²) in [6.45, 7) is 3.07. The summed E-state index contributed by atoms with van der Waals surface area (Å²) in [6.07, 6.45) is 2.82. The van der Waals surface area contributed by atoms with E-state index < -0.39 is 0 Å². The van der Waals surface area contributed by atoms with Gasteiger partial charge in [-0.15, -0.1) is 11.3 Å². The number of hydrogen-bond acceptors (Lipinski definition) is 3. The Hall–Kier alpha value is -0.840. The third-order valence-corrected chi connectivity index (χ3v) is 5.27. The van der Waals surface area contributed by atoms with Crippen molar-refractivity contribution in [2.24, 2.45) is 0 Å². The largest absolute Gasteiger partial charge is 0.490 e. The normalized spacial score (nSPS) is 16.1. The van der Waals surface area contributed by atoms with Gasteiger partial charge in [0.1, 0.15) is 5.75 Å². The van der Waals surface area contributed by atoms with Crippen LogP contribution in [0.4, 0.5) is 0 Å². The predicted octanol–water partition coefficient (Wildman–Crippen LogP) is 4.75. The summed E-state index contributed by atoms with van der Waals surface area (Å²) in [6, 6.07) is 10.8. The smallest absolute Gasteiger partial charge is 0.120 e. The van der Waals surface area contributed by atoms with Gasteiger partial charge in [0.15, 0.2) is 0 Å². The van der Waals surface area contributed by atoms with Crippen LogP contribution >= 0.6 is 27.3 Å². The molecule has 1 aromatic carbocycles. The minimum atomic E-state index is 0.220. The lowest BCUT2D eigenvalue weighted by atomic mass is 10.0. The minimum absolute atomic E-state index is 0.220. The topological polar surface area (TPSA) is 21.3 Å². The lowest BCUT2D eigenvalue weighted by Gasteiger charge is -2.18. The van der Waals surface area contributed by atoms with Gasteiger partial charge < -0.3 is 10.1 Å². The van der Waals surface area contributed by atoms with Crippen LogP contribution < -0.4 is 10.1 Å². The molecule has 2 aromatic rings. The average molecular weight is 352 g/mol. The van der Waals surface area contributed by atoms with Crippen LogP contribution in [0, 0.1) is 0 Å². The van der Waals surface area contributed by atoms with Crippen LogP contribution in [0.2, 0.25) is 0 Å². The average Bonchev–Trinajstić information content (AvgIpc) is 3.16. The number of hydrogen-bond donors (Lipinski definition) is 1. The summed E-state index contributed by atoms with van der Waals surface area (Å²) in [7, 11) is 0. The fraction of sp³-hybridized carbons (Fsp3) is 0.375. The zero-order valence-corrected chi connectivity index (χ0v) is 13.8. The maximum atomic E-state index is 5.91. The summed E-state index contributed by atoms with van der Waals surface area (Å²) in [5.74, 6) is 0.987. The van der Waals surface area contributed by atoms with Crippen LogP contribution in [0.1, 0.15) is 36.2 Å². The highest BCUT2D eigenvalue weighted by Gasteiger charge is 2.24. The summed E-state index contributed by atoms with van der Waals surface area (Å²) in [5.41, 5.74) is 1.26. The number of halogens is 1. The standard InChI is InChI=1S/C16H18BrNOS/c1-2-18-15(16-14(17)8-9-20-16)11-4-3-5-13(10-11)19-12-6-7-12/h3-5,8-10,12,15,18H,2,6-7H2,1H3. The molecule has 2 nitrogen and oxygen atoms in total. The van der Waals surface area contributed by atoms with Crippen molar-refractivity contribution in [2.75, 3.05) is 6.54 Å². The first-order chi connectivity index (χ1) is 9.78. The summed E-state index contributed by atoms with van der Waals surface area (Å²) in [5, 5.41) is 5.68. The van der Waals surface area contributed by atoms with E-state index in [9.17, 15) is 0 Å². The number of ether oxygens (including phenoxy) is 1. The quantitative estimate of drug-likeness (QED) is 0.810. The molecule has 1 aliphatic carbocycles. The molecule has 0 bridgehead atoms. The summed E-state index contributed by atoms with van der Waals surface area (Å²) in [4.78, 5) is 1.32. The van der Waals surface area contributed by atoms with Crippen molar-refractivity contribution >= 4 is 27.3 Å². The zero-order valence-electron chi connectivity index (χ0n) is 11.4. The van der Waals surface area contributed by atoms with Gasteiger partial charge in [-0.2, -0.15) is 0 Å². The van der Waals surface area contributed by atoms with Crippen LogP contribution in [0.3, 0.4) is 0 Å². The van der Waals surface area contributed by atoms with E-state index in [1.54, 1.807) is 11.3 Å². The van der Waals surface area contributed by atoms with E-state index in [0.717, 1.165) is 12.3 Å². The van der Waals surface area contributed by atoms with Crippen LogP contribution in [0.5, 0.6) is 5.75 Å². The van der Waals surface area contributed by atoms with Crippen LogP contribution in [0.25, 0.3) is 0 Å². The summed E-state index contributed by atoms with van der Waals surface area (Å²) < 4.78 is 7.07. The molecule has 1 saturated carbocycles. The van der Waals surface area contributed by atoms with Crippen LogP contribution in [-0.2, 0) is 0 Å². The van der Waals surface area contributed by atoms with Crippen molar-refractivity contribution in [1.82, 2.24) is 5.32 Å². The molecule has 106 valence electrons. The molecule has 0 amide bonds. The number of benzene rings is 1. The first kappa shape index (κ1) is 14.1. The minimum Gasteiger partial charge on any atom is -0.490 e. The summed E-state index contributed by atoms with van der Waals surface area (Å²) >= 11 is 5.42. The fourth-order valence-electron chi connectivity index (χ4n) is 2.22. The zero-order chi connectivity index (χ0) is 13.9. The SMILES string of the molecule is CCNC(c1cccc(OC2CC2)c1)c1sccc1Br. The Balaban J connectivity index is 1.88. The molecule has 0 saturated heterocycles. The van der Waals surface area contributed by atoms with E-state index in [2.05, 4.69) is 57.8 Å². The third kappa shape index (κ3) is 3.25. The molecule has 3 rings (SSSR count). The molecule has 1 aliphatic rings. The second-order valence-corrected chi connectivity index (χ2v) is 6.82. The molecule has 0 aliphatic heterocycles. The van der Waals surface area contributed by atoms with Gasteiger partial charge in [-0.1, -0.05) is 19.1 Å². The Bertz CT molecular complexity index is 579. The second kappa shape index (κ2) is 6.29. The highest BCUT2D eigenvalue weighted by molar-refractivity contribution is 9.10. The van der Waals surface area contributed by atoms with Crippen molar-refractivity contribution in [3.63, 3.8) is 0 Å². The van der Waals surface area contributed by atoms with E-state index in [0.29, 0.717) is 6.10 Å². The Morgan fingerprint density at radius 2 is 2.25 bits per heavy atom. The molecule has 1 atom stereocenters. The monoisotopic (exact) mass is 351 g/mol. The number of nitrogens with one attached hydrogen (secondary N) is 1. The van der Waals surface area contributed by atoms with Crippen molar-refractivity contribution < 1.29 is 4.74 Å². The van der Waals surface area contributed by atoms with Gasteiger partial charge in [-0.05, 0) is 64.5 Å². The van der Waals surface area contributed by atoms with E-state index in [-0.39, 0.29) is 6.04 Å². The van der Waals surface area contributed by atoms with Crippen molar-refractivity contribution in [3.05, 3.63) is 50.6 Å². The van der Waals surface area contributed by atoms with E-state index in [4.69, 9.17) is 4.74 Å². The number of thiophene rings is 1. The first-order valence-corrected chi connectivity index (χ1v) is 8.68. The van der Waals surface area contributed by atoms with Crippen molar-refractivity contribution in [1.29, 1.82) is 0 Å². The lowest BCUT2D eigenvalue weighted by molar-refractivity contribution is 0.302. The maximum absolute atomic E-state index is 5.91. The molecular weight excluding hydrogens is 334 g/mol. The molecule has 0 radical (unpaired) electrons. The van der Waals surface area contributed by atoms with Gasteiger partial charge in [0.2, 0.25) is 0 Å².